The van der Waals surface area contributed by atoms with Crippen LogP contribution in [0.2, 0.25) is 0 Å². The van der Waals surface area contributed by atoms with E-state index in [-0.39, 0.29) is 5.82 Å². The third-order valence-corrected chi connectivity index (χ3v) is 2.35. The summed E-state index contributed by atoms with van der Waals surface area (Å²) in [5, 5.41) is 8.65. The standard InChI is InChI=1S/C14H10FNO/c1-10-8-13(6-7-14(10)15)17-12-4-2-11(9-16)3-5-12/h2-8H,1H3. The molecule has 2 aromatic rings. The lowest BCUT2D eigenvalue weighted by Crippen LogP contribution is -1.87. The van der Waals surface area contributed by atoms with E-state index in [0.29, 0.717) is 22.6 Å². The van der Waals surface area contributed by atoms with Crippen LogP contribution < -0.4 is 4.74 Å². The highest BCUT2D eigenvalue weighted by Gasteiger charge is 2.01. The normalized spacial score (nSPS) is 9.71. The van der Waals surface area contributed by atoms with Gasteiger partial charge in [-0.3, -0.25) is 0 Å². The monoisotopic (exact) mass is 227 g/mol. The summed E-state index contributed by atoms with van der Waals surface area (Å²) >= 11 is 0. The number of nitrogens with zero attached hydrogens (tertiary/aromatic N) is 1. The fourth-order valence-electron chi connectivity index (χ4n) is 1.41. The van der Waals surface area contributed by atoms with Crippen molar-refractivity contribution in [1.29, 1.82) is 5.26 Å². The summed E-state index contributed by atoms with van der Waals surface area (Å²) < 4.78 is 18.6. The topological polar surface area (TPSA) is 33.0 Å². The van der Waals surface area contributed by atoms with Crippen LogP contribution in [0.3, 0.4) is 0 Å². The number of aryl methyl sites for hydroxylation is 1. The lowest BCUT2D eigenvalue weighted by molar-refractivity contribution is 0.479. The van der Waals surface area contributed by atoms with Gasteiger partial charge in [0, 0.05) is 0 Å². The number of halogens is 1. The molecule has 0 fully saturated rings. The molecule has 0 saturated heterocycles. The van der Waals surface area contributed by atoms with Gasteiger partial charge in [0.1, 0.15) is 17.3 Å². The van der Waals surface area contributed by atoms with Gasteiger partial charge >= 0.3 is 0 Å². The lowest BCUT2D eigenvalue weighted by atomic mass is 10.2. The smallest absolute Gasteiger partial charge is 0.127 e. The molecule has 0 spiro atoms. The quantitative estimate of drug-likeness (QED) is 0.781. The van der Waals surface area contributed by atoms with Gasteiger partial charge in [-0.25, -0.2) is 4.39 Å². The van der Waals surface area contributed by atoms with Crippen LogP contribution in [0.25, 0.3) is 0 Å². The van der Waals surface area contributed by atoms with Gasteiger partial charge in [-0.1, -0.05) is 0 Å². The minimum atomic E-state index is -0.253. The van der Waals surface area contributed by atoms with Gasteiger partial charge in [0.2, 0.25) is 0 Å². The third-order valence-electron chi connectivity index (χ3n) is 2.35. The molecular weight excluding hydrogens is 217 g/mol. The Balaban J connectivity index is 2.20. The number of benzene rings is 2. The summed E-state index contributed by atoms with van der Waals surface area (Å²) in [4.78, 5) is 0. The Morgan fingerprint density at radius 2 is 1.71 bits per heavy atom. The van der Waals surface area contributed by atoms with E-state index in [4.69, 9.17) is 10.00 Å². The Hall–Kier alpha value is -2.34. The van der Waals surface area contributed by atoms with E-state index in [1.165, 1.54) is 6.07 Å². The van der Waals surface area contributed by atoms with Gasteiger partial charge in [-0.2, -0.15) is 5.26 Å². The van der Waals surface area contributed by atoms with Crippen molar-refractivity contribution in [3.63, 3.8) is 0 Å². The van der Waals surface area contributed by atoms with Gasteiger partial charge in [-0.05, 0) is 55.0 Å². The number of rotatable bonds is 2. The molecule has 0 aliphatic heterocycles. The molecule has 3 heteroatoms. The summed E-state index contributed by atoms with van der Waals surface area (Å²) in [7, 11) is 0. The van der Waals surface area contributed by atoms with Gasteiger partial charge < -0.3 is 4.74 Å². The lowest BCUT2D eigenvalue weighted by Gasteiger charge is -2.06. The molecule has 0 saturated carbocycles. The molecule has 0 unspecified atom stereocenters. The van der Waals surface area contributed by atoms with Crippen LogP contribution in [-0.2, 0) is 0 Å². The number of ether oxygens (including phenoxy) is 1. The van der Waals surface area contributed by atoms with Gasteiger partial charge in [0.25, 0.3) is 0 Å². The Labute approximate surface area is 98.9 Å². The molecule has 0 atom stereocenters. The van der Waals surface area contributed by atoms with Gasteiger partial charge in [0.05, 0.1) is 11.6 Å². The van der Waals surface area contributed by atoms with Crippen molar-refractivity contribution in [2.24, 2.45) is 0 Å². The first kappa shape index (κ1) is 11.2. The second kappa shape index (κ2) is 4.67. The van der Waals surface area contributed by atoms with Crippen LogP contribution in [-0.4, -0.2) is 0 Å². The first-order chi connectivity index (χ1) is 8.19. The maximum absolute atomic E-state index is 13.0. The van der Waals surface area contributed by atoms with Crippen molar-refractivity contribution >= 4 is 0 Å². The van der Waals surface area contributed by atoms with Crippen LogP contribution in [0, 0.1) is 24.1 Å². The van der Waals surface area contributed by atoms with Crippen molar-refractivity contribution in [1.82, 2.24) is 0 Å². The van der Waals surface area contributed by atoms with Crippen LogP contribution in [0.4, 0.5) is 4.39 Å². The van der Waals surface area contributed by atoms with Crippen molar-refractivity contribution < 1.29 is 9.13 Å². The minimum absolute atomic E-state index is 0.253. The zero-order valence-electron chi connectivity index (χ0n) is 9.27. The van der Waals surface area contributed by atoms with E-state index in [2.05, 4.69) is 0 Å². The molecule has 0 bridgehead atoms. The molecule has 0 N–H and O–H groups in total. The Morgan fingerprint density at radius 1 is 1.06 bits per heavy atom. The number of hydrogen-bond acceptors (Lipinski definition) is 2. The van der Waals surface area contributed by atoms with Crippen molar-refractivity contribution in [3.05, 3.63) is 59.4 Å². The summed E-state index contributed by atoms with van der Waals surface area (Å²) in [5.74, 6) is 0.945. The highest BCUT2D eigenvalue weighted by Crippen LogP contribution is 2.23. The highest BCUT2D eigenvalue weighted by atomic mass is 19.1. The fraction of sp³-hybridized carbons (Fsp3) is 0.0714. The molecule has 84 valence electrons. The SMILES string of the molecule is Cc1cc(Oc2ccc(C#N)cc2)ccc1F. The molecule has 17 heavy (non-hydrogen) atoms. The molecule has 0 radical (unpaired) electrons. The van der Waals surface area contributed by atoms with Crippen LogP contribution in [0.1, 0.15) is 11.1 Å². The maximum atomic E-state index is 13.0. The van der Waals surface area contributed by atoms with Gasteiger partial charge in [-0.15, -0.1) is 0 Å². The number of nitriles is 1. The van der Waals surface area contributed by atoms with E-state index in [1.54, 1.807) is 43.3 Å². The molecule has 0 aromatic heterocycles. The zero-order chi connectivity index (χ0) is 12.3. The van der Waals surface area contributed by atoms with E-state index in [1.807, 2.05) is 6.07 Å². The van der Waals surface area contributed by atoms with E-state index < -0.39 is 0 Å². The molecule has 0 aliphatic carbocycles. The van der Waals surface area contributed by atoms with Crippen molar-refractivity contribution in [3.8, 4) is 17.6 Å². The summed E-state index contributed by atoms with van der Waals surface area (Å²) in [5.41, 5.74) is 1.11. The summed E-state index contributed by atoms with van der Waals surface area (Å²) in [6.45, 7) is 1.68. The van der Waals surface area contributed by atoms with Crippen molar-refractivity contribution in [2.45, 2.75) is 6.92 Å². The molecule has 0 aliphatic rings. The highest BCUT2D eigenvalue weighted by molar-refractivity contribution is 5.38. The molecule has 2 aromatic carbocycles. The molecular formula is C14H10FNO. The van der Waals surface area contributed by atoms with Crippen LogP contribution in [0.15, 0.2) is 42.5 Å². The first-order valence-corrected chi connectivity index (χ1v) is 5.13. The van der Waals surface area contributed by atoms with Crippen molar-refractivity contribution in [2.75, 3.05) is 0 Å². The minimum Gasteiger partial charge on any atom is -0.457 e. The molecule has 2 nitrogen and oxygen atoms in total. The van der Waals surface area contributed by atoms with E-state index in [0.717, 1.165) is 0 Å². The van der Waals surface area contributed by atoms with Gasteiger partial charge in [0.15, 0.2) is 0 Å². The fourth-order valence-corrected chi connectivity index (χ4v) is 1.41. The zero-order valence-corrected chi connectivity index (χ0v) is 9.27. The average molecular weight is 227 g/mol. The predicted molar refractivity (Wildman–Crippen MR) is 62.4 cm³/mol. The third kappa shape index (κ3) is 2.61. The molecule has 0 heterocycles. The van der Waals surface area contributed by atoms with Crippen LogP contribution in [0.5, 0.6) is 11.5 Å². The maximum Gasteiger partial charge on any atom is 0.127 e. The summed E-state index contributed by atoms with van der Waals surface area (Å²) in [6, 6.07) is 13.4. The Bertz CT molecular complexity index is 570. The largest absolute Gasteiger partial charge is 0.457 e. The Kier molecular flexibility index (Phi) is 3.06. The molecule has 0 amide bonds. The average Bonchev–Trinajstić information content (AvgIpc) is 2.35. The number of hydrogen-bond donors (Lipinski definition) is 0. The Morgan fingerprint density at radius 3 is 2.29 bits per heavy atom. The summed E-state index contributed by atoms with van der Waals surface area (Å²) in [6.07, 6.45) is 0. The van der Waals surface area contributed by atoms with E-state index >= 15 is 0 Å². The predicted octanol–water partition coefficient (Wildman–Crippen LogP) is 3.80. The molecule has 2 rings (SSSR count). The first-order valence-electron chi connectivity index (χ1n) is 5.13. The second-order valence-electron chi connectivity index (χ2n) is 3.65. The second-order valence-corrected chi connectivity index (χ2v) is 3.65. The van der Waals surface area contributed by atoms with Crippen LogP contribution >= 0.6 is 0 Å². The van der Waals surface area contributed by atoms with E-state index in [9.17, 15) is 4.39 Å².